The lowest BCUT2D eigenvalue weighted by Gasteiger charge is -2.40. The Morgan fingerprint density at radius 2 is 1.98 bits per heavy atom. The van der Waals surface area contributed by atoms with Crippen LogP contribution in [-0.4, -0.2) is 56.0 Å². The zero-order valence-corrected chi connectivity index (χ0v) is 23.1. The van der Waals surface area contributed by atoms with Crippen molar-refractivity contribution in [1.29, 1.82) is 0 Å². The van der Waals surface area contributed by atoms with Crippen LogP contribution in [0.4, 0.5) is 14.6 Å². The summed E-state index contributed by atoms with van der Waals surface area (Å²) in [6.07, 6.45) is 4.73. The van der Waals surface area contributed by atoms with Crippen molar-refractivity contribution in [2.24, 2.45) is 0 Å². The highest BCUT2D eigenvalue weighted by Gasteiger charge is 2.34. The largest absolute Gasteiger partial charge is 0.486 e. The predicted molar refractivity (Wildman–Crippen MR) is 151 cm³/mol. The van der Waals surface area contributed by atoms with Gasteiger partial charge in [0.05, 0.1) is 10.7 Å². The first-order valence-electron chi connectivity index (χ1n) is 13.1. The molecule has 0 bridgehead atoms. The number of benzene rings is 2. The maximum Gasteiger partial charge on any atom is 0.356 e. The van der Waals surface area contributed by atoms with Gasteiger partial charge in [-0.2, -0.15) is 4.98 Å². The molecule has 210 valence electrons. The third kappa shape index (κ3) is 4.22. The van der Waals surface area contributed by atoms with E-state index in [0.29, 0.717) is 48.5 Å². The molecule has 1 atom stereocenters. The van der Waals surface area contributed by atoms with Crippen LogP contribution < -0.4 is 15.3 Å². The molecule has 0 unspecified atom stereocenters. The van der Waals surface area contributed by atoms with Crippen LogP contribution in [0.25, 0.3) is 27.8 Å². The number of ether oxygens (including phenoxy) is 1. The molecule has 2 aromatic carbocycles. The highest BCUT2D eigenvalue weighted by Crippen LogP contribution is 2.49. The van der Waals surface area contributed by atoms with Gasteiger partial charge in [-0.1, -0.05) is 31.2 Å². The minimum absolute atomic E-state index is 0.0182. The normalized spacial score (nSPS) is 16.3. The highest BCUT2D eigenvalue weighted by molar-refractivity contribution is 6.35. The maximum absolute atomic E-state index is 15.3. The minimum atomic E-state index is -1.05. The van der Waals surface area contributed by atoms with Gasteiger partial charge in [-0.25, -0.2) is 23.1 Å². The van der Waals surface area contributed by atoms with Gasteiger partial charge < -0.3 is 14.5 Å². The van der Waals surface area contributed by atoms with Crippen molar-refractivity contribution >= 4 is 34.2 Å². The first-order chi connectivity index (χ1) is 19.7. The number of nitrogens with zero attached hydrogens (tertiary/aromatic N) is 6. The van der Waals surface area contributed by atoms with Crippen LogP contribution in [0.1, 0.15) is 25.1 Å². The van der Waals surface area contributed by atoms with Crippen molar-refractivity contribution in [3.05, 3.63) is 81.6 Å². The molecule has 4 aromatic rings. The number of anilines is 1. The summed E-state index contributed by atoms with van der Waals surface area (Å²) in [4.78, 5) is 43.1. The second-order valence-corrected chi connectivity index (χ2v) is 10.3. The molecule has 12 heteroatoms. The summed E-state index contributed by atoms with van der Waals surface area (Å²) in [7, 11) is 0. The van der Waals surface area contributed by atoms with Crippen molar-refractivity contribution < 1.29 is 18.3 Å². The molecular formula is C29H25ClF2N6O3. The van der Waals surface area contributed by atoms with E-state index in [4.69, 9.17) is 16.3 Å². The summed E-state index contributed by atoms with van der Waals surface area (Å²) in [5, 5.41) is 0.561. The monoisotopic (exact) mass is 578 g/mol. The Balaban J connectivity index is 1.68. The van der Waals surface area contributed by atoms with E-state index in [2.05, 4.69) is 21.5 Å². The molecule has 1 amide bonds. The number of hydrogen-bond donors (Lipinski definition) is 0. The fourth-order valence-electron chi connectivity index (χ4n) is 5.62. The lowest BCUT2D eigenvalue weighted by Crippen LogP contribution is -2.54. The second-order valence-electron chi connectivity index (χ2n) is 9.91. The summed E-state index contributed by atoms with van der Waals surface area (Å²) in [5.74, 6) is -1.56. The van der Waals surface area contributed by atoms with Gasteiger partial charge in [0.1, 0.15) is 17.9 Å². The molecule has 41 heavy (non-hydrogen) atoms. The van der Waals surface area contributed by atoms with Gasteiger partial charge in [-0.3, -0.25) is 9.78 Å². The quantitative estimate of drug-likeness (QED) is 0.330. The van der Waals surface area contributed by atoms with E-state index in [1.807, 2.05) is 18.7 Å². The van der Waals surface area contributed by atoms with Gasteiger partial charge >= 0.3 is 5.69 Å². The minimum Gasteiger partial charge on any atom is -0.486 e. The third-order valence-electron chi connectivity index (χ3n) is 7.55. The van der Waals surface area contributed by atoms with E-state index in [0.717, 1.165) is 6.07 Å². The molecule has 6 rings (SSSR count). The van der Waals surface area contributed by atoms with Gasteiger partial charge in [0.25, 0.3) is 0 Å². The van der Waals surface area contributed by atoms with Crippen LogP contribution >= 0.6 is 11.6 Å². The van der Waals surface area contributed by atoms with Crippen LogP contribution in [0.3, 0.4) is 0 Å². The Labute approximate surface area is 238 Å². The SMILES string of the molecule is C=CC(=O)N1CCN(c2nc(=O)n(-c3nccnc3CC)c3c4c(c(Cl)cc23)-c2c(ccc(F)c2F)CO4)[C@@H](C)C1. The second kappa shape index (κ2) is 10.2. The molecule has 4 heterocycles. The lowest BCUT2D eigenvalue weighted by molar-refractivity contribution is -0.126. The Hall–Kier alpha value is -4.38. The molecular weight excluding hydrogens is 554 g/mol. The molecule has 2 aliphatic rings. The summed E-state index contributed by atoms with van der Waals surface area (Å²) >= 11 is 6.81. The topological polar surface area (TPSA) is 93.5 Å². The zero-order valence-electron chi connectivity index (χ0n) is 22.3. The number of aromatic nitrogens is 4. The molecule has 0 spiro atoms. The Kier molecular flexibility index (Phi) is 6.69. The molecule has 1 saturated heterocycles. The fourth-order valence-corrected chi connectivity index (χ4v) is 5.91. The molecule has 0 saturated carbocycles. The number of aryl methyl sites for hydroxylation is 1. The standard InChI is InChI=1S/C29H25ClF2N6O3/c1-4-20-28(34-9-8-33-20)38-25-17(27(35-29(38)40)37-11-10-36(13-15(37)3)21(39)5-2)12-18(30)23-22-16(14-41-26(23)25)6-7-19(31)24(22)32/h5-9,12,15H,2,4,10-11,13-14H2,1,3H3/t15-/m0/s1. The fraction of sp³-hybridized carbons (Fsp3) is 0.276. The van der Waals surface area contributed by atoms with Gasteiger partial charge in [0.15, 0.2) is 23.2 Å². The maximum atomic E-state index is 15.3. The van der Waals surface area contributed by atoms with E-state index >= 15 is 4.39 Å². The summed E-state index contributed by atoms with van der Waals surface area (Å²) in [6.45, 7) is 8.46. The Bertz CT molecular complexity index is 1810. The third-order valence-corrected chi connectivity index (χ3v) is 7.85. The molecule has 0 aliphatic carbocycles. The molecule has 0 N–H and O–H groups in total. The lowest BCUT2D eigenvalue weighted by atomic mass is 9.94. The molecule has 9 nitrogen and oxygen atoms in total. The molecule has 0 radical (unpaired) electrons. The van der Waals surface area contributed by atoms with E-state index < -0.39 is 17.3 Å². The number of amides is 1. The van der Waals surface area contributed by atoms with E-state index in [1.54, 1.807) is 11.0 Å². The van der Waals surface area contributed by atoms with Crippen LogP contribution in [0.2, 0.25) is 5.02 Å². The Morgan fingerprint density at radius 1 is 1.20 bits per heavy atom. The summed E-state index contributed by atoms with van der Waals surface area (Å²) < 4.78 is 37.2. The number of hydrogen-bond acceptors (Lipinski definition) is 7. The van der Waals surface area contributed by atoms with Gasteiger partial charge in [-0.05, 0) is 31.6 Å². The number of rotatable bonds is 4. The number of piperazine rings is 1. The van der Waals surface area contributed by atoms with Crippen LogP contribution in [-0.2, 0) is 17.8 Å². The number of fused-ring (bicyclic) bond motifs is 5. The molecule has 1 fully saturated rings. The predicted octanol–water partition coefficient (Wildman–Crippen LogP) is 4.45. The van der Waals surface area contributed by atoms with Crippen molar-refractivity contribution in [1.82, 2.24) is 24.4 Å². The van der Waals surface area contributed by atoms with Crippen LogP contribution in [0, 0.1) is 11.6 Å². The first kappa shape index (κ1) is 26.8. The smallest absolute Gasteiger partial charge is 0.356 e. The van der Waals surface area contributed by atoms with E-state index in [9.17, 15) is 14.0 Å². The van der Waals surface area contributed by atoms with E-state index in [1.165, 1.54) is 29.1 Å². The van der Waals surface area contributed by atoms with Crippen molar-refractivity contribution in [3.63, 3.8) is 0 Å². The van der Waals surface area contributed by atoms with Crippen molar-refractivity contribution in [2.75, 3.05) is 24.5 Å². The summed E-state index contributed by atoms with van der Waals surface area (Å²) in [5.41, 5.74) is 0.687. The van der Waals surface area contributed by atoms with Crippen LogP contribution in [0.5, 0.6) is 5.75 Å². The van der Waals surface area contributed by atoms with Crippen molar-refractivity contribution in [3.8, 4) is 22.7 Å². The van der Waals surface area contributed by atoms with Crippen LogP contribution in [0.15, 0.2) is 48.0 Å². The molecule has 2 aromatic heterocycles. The van der Waals surface area contributed by atoms with Gasteiger partial charge in [-0.15, -0.1) is 0 Å². The summed E-state index contributed by atoms with van der Waals surface area (Å²) in [6, 6.07) is 3.86. The van der Waals surface area contributed by atoms with Gasteiger partial charge in [0, 0.05) is 60.1 Å². The average Bonchev–Trinajstić information content (AvgIpc) is 2.98. The number of halogens is 3. The average molecular weight is 579 g/mol. The zero-order chi connectivity index (χ0) is 29.0. The first-order valence-corrected chi connectivity index (χ1v) is 13.5. The highest BCUT2D eigenvalue weighted by atomic mass is 35.5. The van der Waals surface area contributed by atoms with Gasteiger partial charge in [0.2, 0.25) is 5.91 Å². The van der Waals surface area contributed by atoms with E-state index in [-0.39, 0.29) is 51.8 Å². The molecule has 2 aliphatic heterocycles. The van der Waals surface area contributed by atoms with Crippen molar-refractivity contribution in [2.45, 2.75) is 32.9 Å². The number of carbonyl (C=O) groups excluding carboxylic acids is 1. The number of carbonyl (C=O) groups is 1. The Morgan fingerprint density at radius 3 is 2.71 bits per heavy atom.